The molecular formula is C19H20N2O3. The van der Waals surface area contributed by atoms with Crippen molar-refractivity contribution in [2.24, 2.45) is 0 Å². The van der Waals surface area contributed by atoms with E-state index in [2.05, 4.69) is 11.2 Å². The van der Waals surface area contributed by atoms with Crippen LogP contribution in [0.3, 0.4) is 0 Å². The van der Waals surface area contributed by atoms with E-state index in [1.165, 1.54) is 5.57 Å². The van der Waals surface area contributed by atoms with Gasteiger partial charge in [-0.25, -0.2) is 4.79 Å². The van der Waals surface area contributed by atoms with Crippen LogP contribution < -0.4 is 0 Å². The van der Waals surface area contributed by atoms with Crippen molar-refractivity contribution >= 4 is 11.7 Å². The summed E-state index contributed by atoms with van der Waals surface area (Å²) in [7, 11) is 0. The maximum absolute atomic E-state index is 12.6. The number of piperidine rings is 1. The minimum Gasteiger partial charge on any atom is -0.445 e. The number of carbonyl (C=O) groups excluding carboxylic acids is 1. The molecular weight excluding hydrogens is 304 g/mol. The molecule has 5 nitrogen and oxygen atoms in total. The molecule has 2 bridgehead atoms. The molecule has 2 aliphatic heterocycles. The molecule has 4 rings (SSSR count). The highest BCUT2D eigenvalue weighted by molar-refractivity contribution is 5.74. The van der Waals surface area contributed by atoms with Gasteiger partial charge in [0.05, 0.1) is 12.2 Å². The van der Waals surface area contributed by atoms with E-state index in [9.17, 15) is 4.79 Å². The summed E-state index contributed by atoms with van der Waals surface area (Å²) in [5, 5.41) is 3.79. The third-order valence-corrected chi connectivity index (χ3v) is 4.86. The lowest BCUT2D eigenvalue weighted by atomic mass is 9.84. The fourth-order valence-corrected chi connectivity index (χ4v) is 3.69. The van der Waals surface area contributed by atoms with Crippen LogP contribution in [0.4, 0.5) is 4.79 Å². The minimum atomic E-state index is -0.214. The predicted molar refractivity (Wildman–Crippen MR) is 89.0 cm³/mol. The summed E-state index contributed by atoms with van der Waals surface area (Å²) < 4.78 is 10.5. The van der Waals surface area contributed by atoms with Crippen LogP contribution in [0.15, 0.2) is 53.4 Å². The standard InChI is InChI=1S/C19H20N2O3/c22-19(23-12-14-5-2-1-3-6-14)21-17-7-4-8-18(21)10-15(9-17)16-11-20-24-13-16/h1-3,5-6,9,11,13,17-18H,4,7-8,10,12H2. The number of rotatable bonds is 3. The van der Waals surface area contributed by atoms with Crippen LogP contribution in [0, 0.1) is 0 Å². The predicted octanol–water partition coefficient (Wildman–Crippen LogP) is 4.02. The summed E-state index contributed by atoms with van der Waals surface area (Å²) in [6.07, 6.45) is 9.34. The van der Waals surface area contributed by atoms with E-state index < -0.39 is 0 Å². The van der Waals surface area contributed by atoms with Gasteiger partial charge in [0.1, 0.15) is 12.9 Å². The lowest BCUT2D eigenvalue weighted by molar-refractivity contribution is 0.0510. The van der Waals surface area contributed by atoms with Gasteiger partial charge in [-0.2, -0.15) is 0 Å². The molecule has 0 saturated carbocycles. The summed E-state index contributed by atoms with van der Waals surface area (Å²) in [6, 6.07) is 10.1. The third kappa shape index (κ3) is 2.94. The molecule has 1 amide bonds. The van der Waals surface area contributed by atoms with Gasteiger partial charge in [-0.05, 0) is 36.8 Å². The van der Waals surface area contributed by atoms with Crippen LogP contribution in [0.1, 0.15) is 36.8 Å². The summed E-state index contributed by atoms with van der Waals surface area (Å²) in [6.45, 7) is 0.317. The van der Waals surface area contributed by atoms with E-state index in [1.807, 2.05) is 35.2 Å². The van der Waals surface area contributed by atoms with E-state index in [-0.39, 0.29) is 18.2 Å². The van der Waals surface area contributed by atoms with Crippen LogP contribution in [-0.4, -0.2) is 28.2 Å². The Labute approximate surface area is 140 Å². The molecule has 2 aromatic rings. The van der Waals surface area contributed by atoms with E-state index in [0.29, 0.717) is 6.61 Å². The highest BCUT2D eigenvalue weighted by Crippen LogP contribution is 2.37. The van der Waals surface area contributed by atoms with Crippen molar-refractivity contribution in [2.45, 2.75) is 44.4 Å². The first-order valence-electron chi connectivity index (χ1n) is 8.41. The Hall–Kier alpha value is -2.56. The lowest BCUT2D eigenvalue weighted by Gasteiger charge is -2.44. The van der Waals surface area contributed by atoms with E-state index in [1.54, 1.807) is 12.5 Å². The number of benzene rings is 1. The lowest BCUT2D eigenvalue weighted by Crippen LogP contribution is -2.51. The van der Waals surface area contributed by atoms with Gasteiger partial charge in [-0.3, -0.25) is 4.90 Å². The molecule has 1 fully saturated rings. The van der Waals surface area contributed by atoms with Gasteiger partial charge in [-0.1, -0.05) is 41.6 Å². The fourth-order valence-electron chi connectivity index (χ4n) is 3.69. The summed E-state index contributed by atoms with van der Waals surface area (Å²) in [4.78, 5) is 14.5. The number of ether oxygens (including phenoxy) is 1. The Morgan fingerprint density at radius 3 is 2.92 bits per heavy atom. The molecule has 3 heterocycles. The Morgan fingerprint density at radius 2 is 2.17 bits per heavy atom. The average molecular weight is 324 g/mol. The zero-order valence-electron chi connectivity index (χ0n) is 13.4. The van der Waals surface area contributed by atoms with Crippen molar-refractivity contribution in [1.82, 2.24) is 10.1 Å². The number of hydrogen-bond acceptors (Lipinski definition) is 4. The van der Waals surface area contributed by atoms with Crippen molar-refractivity contribution in [3.63, 3.8) is 0 Å². The second-order valence-corrected chi connectivity index (χ2v) is 6.41. The Bertz CT molecular complexity index is 724. The molecule has 1 saturated heterocycles. The first-order valence-corrected chi connectivity index (χ1v) is 8.41. The van der Waals surface area contributed by atoms with E-state index in [0.717, 1.165) is 36.8 Å². The number of hydrogen-bond donors (Lipinski definition) is 0. The van der Waals surface area contributed by atoms with Crippen LogP contribution in [0.2, 0.25) is 0 Å². The number of nitrogens with zero attached hydrogens (tertiary/aromatic N) is 2. The average Bonchev–Trinajstić information content (AvgIpc) is 3.14. The quantitative estimate of drug-likeness (QED) is 0.855. The smallest absolute Gasteiger partial charge is 0.410 e. The summed E-state index contributed by atoms with van der Waals surface area (Å²) >= 11 is 0. The molecule has 124 valence electrons. The fraction of sp³-hybridized carbons (Fsp3) is 0.368. The van der Waals surface area contributed by atoms with Gasteiger partial charge in [0.25, 0.3) is 0 Å². The Morgan fingerprint density at radius 1 is 1.29 bits per heavy atom. The molecule has 1 aromatic heterocycles. The van der Waals surface area contributed by atoms with Gasteiger partial charge < -0.3 is 9.26 Å². The van der Waals surface area contributed by atoms with E-state index >= 15 is 0 Å². The Kier molecular flexibility index (Phi) is 4.07. The second-order valence-electron chi connectivity index (χ2n) is 6.41. The number of fused-ring (bicyclic) bond motifs is 2. The number of aromatic nitrogens is 1. The SMILES string of the molecule is O=C(OCc1ccccc1)N1C2C=C(c3cnoc3)CC1CCC2. The van der Waals surface area contributed by atoms with Gasteiger partial charge in [0, 0.05) is 11.6 Å². The minimum absolute atomic E-state index is 0.102. The van der Waals surface area contributed by atoms with Crippen molar-refractivity contribution in [2.75, 3.05) is 0 Å². The van der Waals surface area contributed by atoms with Gasteiger partial charge >= 0.3 is 6.09 Å². The normalized spacial score (nSPS) is 22.8. The molecule has 24 heavy (non-hydrogen) atoms. The monoisotopic (exact) mass is 324 g/mol. The number of carbonyl (C=O) groups is 1. The first kappa shape index (κ1) is 15.0. The van der Waals surface area contributed by atoms with Gasteiger partial charge in [-0.15, -0.1) is 0 Å². The third-order valence-electron chi connectivity index (χ3n) is 4.86. The molecule has 2 atom stereocenters. The van der Waals surface area contributed by atoms with Crippen LogP contribution in [0.25, 0.3) is 5.57 Å². The Balaban J connectivity index is 1.48. The summed E-state index contributed by atoms with van der Waals surface area (Å²) in [5.74, 6) is 0. The molecule has 2 unspecified atom stereocenters. The molecule has 0 radical (unpaired) electrons. The maximum atomic E-state index is 12.6. The number of amides is 1. The zero-order valence-corrected chi connectivity index (χ0v) is 13.4. The molecule has 2 aliphatic rings. The zero-order chi connectivity index (χ0) is 16.4. The topological polar surface area (TPSA) is 55.6 Å². The second kappa shape index (κ2) is 6.51. The van der Waals surface area contributed by atoms with Crippen molar-refractivity contribution < 1.29 is 14.1 Å². The molecule has 0 spiro atoms. The highest BCUT2D eigenvalue weighted by Gasteiger charge is 2.38. The van der Waals surface area contributed by atoms with Crippen LogP contribution in [-0.2, 0) is 11.3 Å². The van der Waals surface area contributed by atoms with Gasteiger partial charge in [0.15, 0.2) is 0 Å². The van der Waals surface area contributed by atoms with Crippen molar-refractivity contribution in [1.29, 1.82) is 0 Å². The van der Waals surface area contributed by atoms with Crippen molar-refractivity contribution in [3.8, 4) is 0 Å². The highest BCUT2D eigenvalue weighted by atomic mass is 16.6. The van der Waals surface area contributed by atoms with Crippen LogP contribution >= 0.6 is 0 Å². The summed E-state index contributed by atoms with van der Waals surface area (Å²) in [5.41, 5.74) is 3.25. The molecule has 0 aliphatic carbocycles. The maximum Gasteiger partial charge on any atom is 0.410 e. The molecule has 0 N–H and O–H groups in total. The molecule has 5 heteroatoms. The van der Waals surface area contributed by atoms with E-state index in [4.69, 9.17) is 9.26 Å². The first-order chi connectivity index (χ1) is 11.8. The molecule has 1 aromatic carbocycles. The largest absolute Gasteiger partial charge is 0.445 e. The van der Waals surface area contributed by atoms with Crippen molar-refractivity contribution in [3.05, 3.63) is 60.0 Å². The van der Waals surface area contributed by atoms with Crippen LogP contribution in [0.5, 0.6) is 0 Å². The van der Waals surface area contributed by atoms with Gasteiger partial charge in [0.2, 0.25) is 0 Å².